The van der Waals surface area contributed by atoms with Crippen molar-refractivity contribution >= 4 is 36.6 Å². The van der Waals surface area contributed by atoms with E-state index in [-0.39, 0.29) is 29.9 Å². The van der Waals surface area contributed by atoms with Gasteiger partial charge in [-0.05, 0) is 35.7 Å². The second-order valence-electron chi connectivity index (χ2n) is 9.63. The fourth-order valence-electron chi connectivity index (χ4n) is 3.92. The molecule has 0 radical (unpaired) electrons. The number of rotatable bonds is 11. The second-order valence-corrected chi connectivity index (χ2v) is 11.3. The minimum Gasteiger partial charge on any atom is -0.396 e. The highest BCUT2D eigenvalue weighted by atomic mass is 31.2. The molecule has 0 fully saturated rings. The molecule has 0 spiro atoms. The van der Waals surface area contributed by atoms with Crippen LogP contribution in [0.5, 0.6) is 0 Å². The second kappa shape index (κ2) is 12.9. The third-order valence-electron chi connectivity index (χ3n) is 6.02. The summed E-state index contributed by atoms with van der Waals surface area (Å²) >= 11 is 0. The summed E-state index contributed by atoms with van der Waals surface area (Å²) in [5, 5.41) is 21.3. The average Bonchev–Trinajstić information content (AvgIpc) is 3.41. The molecule has 1 aromatic carbocycles. The number of pyridine rings is 1. The fraction of sp³-hybridized carbons (Fsp3) is 0.269. The molecule has 4 rings (SSSR count). The van der Waals surface area contributed by atoms with E-state index in [0.29, 0.717) is 35.2 Å². The van der Waals surface area contributed by atoms with E-state index in [0.717, 1.165) is 0 Å². The third kappa shape index (κ3) is 8.35. The van der Waals surface area contributed by atoms with Gasteiger partial charge in [0.25, 0.3) is 5.91 Å². The Hall–Kier alpha value is -4.37. The topological polar surface area (TPSA) is 187 Å². The summed E-state index contributed by atoms with van der Waals surface area (Å²) in [7, 11) is -2.92. The Balaban J connectivity index is 1.65. The first-order valence-electron chi connectivity index (χ1n) is 12.7. The van der Waals surface area contributed by atoms with Crippen LogP contribution in [-0.4, -0.2) is 59.2 Å². The highest BCUT2D eigenvalue weighted by Crippen LogP contribution is 2.39. The number of anilines is 4. The van der Waals surface area contributed by atoms with Crippen molar-refractivity contribution in [3.05, 3.63) is 71.8 Å². The van der Waals surface area contributed by atoms with Crippen LogP contribution in [0.15, 0.2) is 55.0 Å². The van der Waals surface area contributed by atoms with Crippen LogP contribution in [-0.2, 0) is 23.4 Å². The number of benzene rings is 1. The number of carbonyl (C=O) groups excluding carboxylic acids is 1. The summed E-state index contributed by atoms with van der Waals surface area (Å²) in [6, 6.07) is 8.75. The van der Waals surface area contributed by atoms with Gasteiger partial charge in [0.05, 0.1) is 23.7 Å². The lowest BCUT2D eigenvalue weighted by Gasteiger charge is -2.16. The molecule has 17 heteroatoms. The molecule has 1 atom stereocenters. The van der Waals surface area contributed by atoms with Crippen LogP contribution in [0.3, 0.4) is 0 Å². The van der Waals surface area contributed by atoms with Gasteiger partial charge in [-0.25, -0.2) is 9.97 Å². The third-order valence-corrected chi connectivity index (χ3v) is 6.80. The molecular weight excluding hydrogens is 592 g/mol. The van der Waals surface area contributed by atoms with Crippen LogP contribution in [0.1, 0.15) is 28.5 Å². The maximum Gasteiger partial charge on any atom is 0.421 e. The van der Waals surface area contributed by atoms with Crippen molar-refractivity contribution in [2.45, 2.75) is 25.8 Å². The van der Waals surface area contributed by atoms with Crippen LogP contribution in [0.25, 0.3) is 11.3 Å². The highest BCUT2D eigenvalue weighted by Gasteiger charge is 2.36. The van der Waals surface area contributed by atoms with E-state index in [2.05, 4.69) is 36.0 Å². The van der Waals surface area contributed by atoms with Crippen molar-refractivity contribution < 1.29 is 37.4 Å². The van der Waals surface area contributed by atoms with Gasteiger partial charge >= 0.3 is 13.8 Å². The number of hydrogen-bond acceptors (Lipinski definition) is 9. The zero-order valence-electron chi connectivity index (χ0n) is 22.9. The normalized spacial score (nSPS) is 12.6. The minimum absolute atomic E-state index is 0.0273. The van der Waals surface area contributed by atoms with Crippen LogP contribution >= 0.6 is 7.60 Å². The predicted octanol–water partition coefficient (Wildman–Crippen LogP) is 3.91. The Morgan fingerprint density at radius 2 is 1.79 bits per heavy atom. The average molecular weight is 621 g/mol. The Bertz CT molecular complexity index is 1640. The number of nitrogens with zero attached hydrogens (tertiary/aromatic N) is 5. The summed E-state index contributed by atoms with van der Waals surface area (Å²) in [5.74, 6) is -1.57. The van der Waals surface area contributed by atoms with Crippen LogP contribution < -0.4 is 16.0 Å². The number of alkyl halides is 3. The molecule has 1 amide bonds. The number of amides is 1. The van der Waals surface area contributed by atoms with E-state index in [1.165, 1.54) is 49.6 Å². The van der Waals surface area contributed by atoms with Gasteiger partial charge in [-0.1, -0.05) is 19.1 Å². The summed E-state index contributed by atoms with van der Waals surface area (Å²) < 4.78 is 54.5. The molecule has 0 aliphatic rings. The molecular formula is C26H28F3N8O5P. The lowest BCUT2D eigenvalue weighted by Crippen LogP contribution is -2.21. The van der Waals surface area contributed by atoms with Crippen molar-refractivity contribution in [2.24, 2.45) is 5.92 Å². The van der Waals surface area contributed by atoms with Crippen molar-refractivity contribution in [3.63, 3.8) is 0 Å². The van der Waals surface area contributed by atoms with Gasteiger partial charge in [-0.15, -0.1) is 0 Å². The van der Waals surface area contributed by atoms with Gasteiger partial charge in [0.2, 0.25) is 5.95 Å². The predicted molar refractivity (Wildman–Crippen MR) is 151 cm³/mol. The zero-order valence-corrected chi connectivity index (χ0v) is 23.8. The van der Waals surface area contributed by atoms with Gasteiger partial charge in [0, 0.05) is 43.8 Å². The van der Waals surface area contributed by atoms with Crippen LogP contribution in [0.4, 0.5) is 36.3 Å². The quantitative estimate of drug-likeness (QED) is 0.134. The molecule has 3 aromatic heterocycles. The summed E-state index contributed by atoms with van der Waals surface area (Å²) in [6.07, 6.45) is -1.52. The number of nitrogens with one attached hydrogen (secondary N) is 3. The van der Waals surface area contributed by atoms with E-state index in [4.69, 9.17) is 9.79 Å². The Labute approximate surface area is 243 Å². The van der Waals surface area contributed by atoms with Gasteiger partial charge in [0.1, 0.15) is 11.4 Å². The molecule has 0 saturated carbocycles. The monoisotopic (exact) mass is 620 g/mol. The molecule has 3 heterocycles. The van der Waals surface area contributed by atoms with Gasteiger partial charge in [0.15, 0.2) is 5.69 Å². The SMILES string of the molecule is CNC(=O)c1nc(-c2cnn(CC(C)CO)c2)ccc1Nc1nc(Nc2ccc(CP(=O)(O)O)cc2)ncc1C(F)(F)F. The summed E-state index contributed by atoms with van der Waals surface area (Å²) in [6.45, 7) is 2.26. The lowest BCUT2D eigenvalue weighted by atomic mass is 10.1. The summed E-state index contributed by atoms with van der Waals surface area (Å²) in [5.41, 5.74) is 0.167. The van der Waals surface area contributed by atoms with Gasteiger partial charge in [-0.2, -0.15) is 23.3 Å². The lowest BCUT2D eigenvalue weighted by molar-refractivity contribution is -0.137. The standard InChI is InChI=1S/C26H28F3N8O5P/c1-15(13-38)11-37-12-17(9-32-37)20-7-8-21(22(34-20)24(39)30-2)35-23-19(26(27,28)29)10-31-25(36-23)33-18-5-3-16(4-6-18)14-43(40,41)42/h3-10,12,15,38H,11,13-14H2,1-2H3,(H,30,39)(H2,40,41,42)(H2,31,33,35,36). The van der Waals surface area contributed by atoms with E-state index >= 15 is 0 Å². The molecule has 0 saturated heterocycles. The van der Waals surface area contributed by atoms with Crippen molar-refractivity contribution in [3.8, 4) is 11.3 Å². The first-order valence-corrected chi connectivity index (χ1v) is 14.5. The van der Waals surface area contributed by atoms with E-state index in [1.807, 2.05) is 6.92 Å². The molecule has 0 aliphatic heterocycles. The van der Waals surface area contributed by atoms with E-state index in [9.17, 15) is 27.6 Å². The zero-order chi connectivity index (χ0) is 31.4. The van der Waals surface area contributed by atoms with Crippen molar-refractivity contribution in [2.75, 3.05) is 24.3 Å². The van der Waals surface area contributed by atoms with Crippen molar-refractivity contribution in [1.29, 1.82) is 0 Å². The Morgan fingerprint density at radius 1 is 1.07 bits per heavy atom. The molecule has 4 aromatic rings. The number of aromatic nitrogens is 5. The van der Waals surface area contributed by atoms with Crippen LogP contribution in [0, 0.1) is 5.92 Å². The maximum atomic E-state index is 13.9. The molecule has 228 valence electrons. The van der Waals surface area contributed by atoms with E-state index in [1.54, 1.807) is 10.9 Å². The van der Waals surface area contributed by atoms with Crippen LogP contribution in [0.2, 0.25) is 0 Å². The Morgan fingerprint density at radius 3 is 2.42 bits per heavy atom. The molecule has 6 N–H and O–H groups in total. The molecule has 13 nitrogen and oxygen atoms in total. The molecule has 43 heavy (non-hydrogen) atoms. The first-order chi connectivity index (χ1) is 20.3. The Kier molecular flexibility index (Phi) is 9.45. The minimum atomic E-state index is -4.84. The number of carbonyl (C=O) groups is 1. The molecule has 0 aliphatic carbocycles. The molecule has 1 unspecified atom stereocenters. The number of hydrogen-bond donors (Lipinski definition) is 6. The van der Waals surface area contributed by atoms with Gasteiger partial charge in [-0.3, -0.25) is 14.0 Å². The fourth-order valence-corrected chi connectivity index (χ4v) is 4.60. The summed E-state index contributed by atoms with van der Waals surface area (Å²) in [4.78, 5) is 43.1. The highest BCUT2D eigenvalue weighted by molar-refractivity contribution is 7.50. The molecule has 0 bridgehead atoms. The number of halogens is 3. The first kappa shape index (κ1) is 31.6. The van der Waals surface area contributed by atoms with Crippen molar-refractivity contribution in [1.82, 2.24) is 30.0 Å². The number of aliphatic hydroxyl groups excluding tert-OH is 1. The number of aliphatic hydroxyl groups is 1. The van der Waals surface area contributed by atoms with E-state index < -0.39 is 37.2 Å². The largest absolute Gasteiger partial charge is 0.421 e. The smallest absolute Gasteiger partial charge is 0.396 e. The maximum absolute atomic E-state index is 13.9. The van der Waals surface area contributed by atoms with Gasteiger partial charge < -0.3 is 30.8 Å².